The second-order valence-electron chi connectivity index (χ2n) is 5.22. The lowest BCUT2D eigenvalue weighted by atomic mass is 10.3. The predicted octanol–water partition coefficient (Wildman–Crippen LogP) is 3.23. The molecular formula is C16H16ClFN4O. The number of hydrogen-bond acceptors (Lipinski definition) is 3. The number of carbonyl (C=O) groups is 1. The average molecular weight is 335 g/mol. The van der Waals surface area contributed by atoms with Crippen LogP contribution in [0.25, 0.3) is 0 Å². The summed E-state index contributed by atoms with van der Waals surface area (Å²) in [5.74, 6) is 0.414. The molecule has 120 valence electrons. The van der Waals surface area contributed by atoms with Crippen LogP contribution >= 0.6 is 11.6 Å². The molecule has 2 aromatic rings. The zero-order valence-electron chi connectivity index (χ0n) is 12.4. The van der Waals surface area contributed by atoms with Gasteiger partial charge in [-0.2, -0.15) is 0 Å². The van der Waals surface area contributed by atoms with Crippen LogP contribution in [0.15, 0.2) is 42.6 Å². The van der Waals surface area contributed by atoms with Crippen LogP contribution < -0.4 is 10.2 Å². The Kier molecular flexibility index (Phi) is 4.62. The van der Waals surface area contributed by atoms with E-state index < -0.39 is 0 Å². The Hall–Kier alpha value is -2.34. The molecule has 0 atom stereocenters. The highest BCUT2D eigenvalue weighted by atomic mass is 35.5. The molecule has 2 heterocycles. The second kappa shape index (κ2) is 6.83. The van der Waals surface area contributed by atoms with Gasteiger partial charge < -0.3 is 15.1 Å². The molecule has 0 bridgehead atoms. The zero-order valence-corrected chi connectivity index (χ0v) is 13.1. The van der Waals surface area contributed by atoms with Crippen molar-refractivity contribution in [1.82, 2.24) is 9.88 Å². The Labute approximate surface area is 138 Å². The molecular weight excluding hydrogens is 319 g/mol. The Morgan fingerprint density at radius 3 is 2.48 bits per heavy atom. The molecule has 3 rings (SSSR count). The summed E-state index contributed by atoms with van der Waals surface area (Å²) >= 11 is 6.15. The SMILES string of the molecule is O=C(Nc1ccc(F)cc1)N1CCN(c2ncccc2Cl)CC1. The molecule has 1 fully saturated rings. The number of nitrogens with one attached hydrogen (secondary N) is 1. The molecule has 7 heteroatoms. The number of aromatic nitrogens is 1. The van der Waals surface area contributed by atoms with Gasteiger partial charge in [-0.25, -0.2) is 14.2 Å². The van der Waals surface area contributed by atoms with Crippen LogP contribution in [0.3, 0.4) is 0 Å². The van der Waals surface area contributed by atoms with E-state index >= 15 is 0 Å². The van der Waals surface area contributed by atoms with E-state index in [9.17, 15) is 9.18 Å². The van der Waals surface area contributed by atoms with Gasteiger partial charge in [0, 0.05) is 38.1 Å². The van der Waals surface area contributed by atoms with Crippen molar-refractivity contribution in [3.63, 3.8) is 0 Å². The summed E-state index contributed by atoms with van der Waals surface area (Å²) in [5, 5.41) is 3.37. The number of nitrogens with zero attached hydrogens (tertiary/aromatic N) is 3. The van der Waals surface area contributed by atoms with Gasteiger partial charge in [-0.15, -0.1) is 0 Å². The molecule has 0 unspecified atom stereocenters. The van der Waals surface area contributed by atoms with Gasteiger partial charge in [0.1, 0.15) is 11.6 Å². The molecule has 23 heavy (non-hydrogen) atoms. The lowest BCUT2D eigenvalue weighted by Crippen LogP contribution is -2.50. The molecule has 1 aliphatic rings. The first-order valence-corrected chi connectivity index (χ1v) is 7.68. The van der Waals surface area contributed by atoms with Crippen molar-refractivity contribution >= 4 is 29.1 Å². The van der Waals surface area contributed by atoms with Gasteiger partial charge in [-0.05, 0) is 36.4 Å². The third kappa shape index (κ3) is 3.71. The van der Waals surface area contributed by atoms with Crippen molar-refractivity contribution in [3.05, 3.63) is 53.4 Å². The first-order chi connectivity index (χ1) is 11.1. The Morgan fingerprint density at radius 2 is 1.83 bits per heavy atom. The average Bonchev–Trinajstić information content (AvgIpc) is 2.57. The molecule has 2 amide bonds. The van der Waals surface area contributed by atoms with E-state index in [0.717, 1.165) is 5.82 Å². The van der Waals surface area contributed by atoms with E-state index in [0.29, 0.717) is 36.9 Å². The number of hydrogen-bond donors (Lipinski definition) is 1. The quantitative estimate of drug-likeness (QED) is 0.917. The van der Waals surface area contributed by atoms with E-state index in [2.05, 4.69) is 15.2 Å². The fourth-order valence-electron chi connectivity index (χ4n) is 2.47. The Balaban J connectivity index is 1.57. The highest BCUT2D eigenvalue weighted by Gasteiger charge is 2.23. The highest BCUT2D eigenvalue weighted by molar-refractivity contribution is 6.32. The minimum absolute atomic E-state index is 0.191. The summed E-state index contributed by atoms with van der Waals surface area (Å²) in [6.07, 6.45) is 1.70. The number of urea groups is 1. The zero-order chi connectivity index (χ0) is 16.2. The predicted molar refractivity (Wildman–Crippen MR) is 88.5 cm³/mol. The van der Waals surface area contributed by atoms with Crippen LogP contribution in [0, 0.1) is 5.82 Å². The maximum Gasteiger partial charge on any atom is 0.321 e. The lowest BCUT2D eigenvalue weighted by Gasteiger charge is -2.35. The summed E-state index contributed by atoms with van der Waals surface area (Å²) in [4.78, 5) is 20.3. The molecule has 0 saturated carbocycles. The number of pyridine rings is 1. The fourth-order valence-corrected chi connectivity index (χ4v) is 2.71. The maximum atomic E-state index is 12.9. The van der Waals surface area contributed by atoms with Gasteiger partial charge >= 0.3 is 6.03 Å². The number of amides is 2. The summed E-state index contributed by atoms with van der Waals surface area (Å²) in [6, 6.07) is 9.11. The molecule has 1 saturated heterocycles. The molecule has 1 aliphatic heterocycles. The minimum Gasteiger partial charge on any atom is -0.352 e. The first kappa shape index (κ1) is 15.6. The third-order valence-electron chi connectivity index (χ3n) is 3.70. The van der Waals surface area contributed by atoms with Gasteiger partial charge in [0.2, 0.25) is 0 Å². The van der Waals surface area contributed by atoms with Crippen molar-refractivity contribution < 1.29 is 9.18 Å². The fraction of sp³-hybridized carbons (Fsp3) is 0.250. The van der Waals surface area contributed by atoms with Gasteiger partial charge in [0.15, 0.2) is 0 Å². The van der Waals surface area contributed by atoms with Crippen LogP contribution in [-0.4, -0.2) is 42.1 Å². The standard InChI is InChI=1S/C16H16ClFN4O/c17-14-2-1-7-19-15(14)21-8-10-22(11-9-21)16(23)20-13-5-3-12(18)4-6-13/h1-7H,8-11H2,(H,20,23). The van der Waals surface area contributed by atoms with Gasteiger partial charge in [-0.3, -0.25) is 0 Å². The normalized spacial score (nSPS) is 14.7. The highest BCUT2D eigenvalue weighted by Crippen LogP contribution is 2.23. The van der Waals surface area contributed by atoms with Crippen molar-refractivity contribution in [3.8, 4) is 0 Å². The lowest BCUT2D eigenvalue weighted by molar-refractivity contribution is 0.208. The number of rotatable bonds is 2. The molecule has 1 aromatic heterocycles. The van der Waals surface area contributed by atoms with Crippen molar-refractivity contribution in [1.29, 1.82) is 0 Å². The third-order valence-corrected chi connectivity index (χ3v) is 4.00. The Bertz CT molecular complexity index is 687. The molecule has 0 spiro atoms. The van der Waals surface area contributed by atoms with E-state index in [1.807, 2.05) is 0 Å². The maximum absolute atomic E-state index is 12.9. The Morgan fingerprint density at radius 1 is 1.13 bits per heavy atom. The number of piperazine rings is 1. The molecule has 5 nitrogen and oxygen atoms in total. The van der Waals surface area contributed by atoms with Crippen LogP contribution in [0.5, 0.6) is 0 Å². The number of benzene rings is 1. The first-order valence-electron chi connectivity index (χ1n) is 7.30. The summed E-state index contributed by atoms with van der Waals surface area (Å²) in [6.45, 7) is 2.46. The monoisotopic (exact) mass is 334 g/mol. The van der Waals surface area contributed by atoms with Crippen LogP contribution in [-0.2, 0) is 0 Å². The van der Waals surface area contributed by atoms with Crippen molar-refractivity contribution in [2.24, 2.45) is 0 Å². The van der Waals surface area contributed by atoms with Crippen LogP contribution in [0.4, 0.5) is 20.7 Å². The molecule has 0 radical (unpaired) electrons. The van der Waals surface area contributed by atoms with Gasteiger partial charge in [0.25, 0.3) is 0 Å². The van der Waals surface area contributed by atoms with E-state index in [1.54, 1.807) is 23.2 Å². The number of carbonyl (C=O) groups excluding carboxylic acids is 1. The smallest absolute Gasteiger partial charge is 0.321 e. The molecule has 1 aromatic carbocycles. The second-order valence-corrected chi connectivity index (χ2v) is 5.63. The summed E-state index contributed by atoms with van der Waals surface area (Å²) in [7, 11) is 0. The molecule has 0 aliphatic carbocycles. The number of halogens is 2. The van der Waals surface area contributed by atoms with Crippen LogP contribution in [0.1, 0.15) is 0 Å². The summed E-state index contributed by atoms with van der Waals surface area (Å²) in [5.41, 5.74) is 0.576. The topological polar surface area (TPSA) is 48.5 Å². The van der Waals surface area contributed by atoms with E-state index in [1.165, 1.54) is 24.3 Å². The number of anilines is 2. The molecule has 1 N–H and O–H groups in total. The van der Waals surface area contributed by atoms with Crippen LogP contribution in [0.2, 0.25) is 5.02 Å². The van der Waals surface area contributed by atoms with Gasteiger partial charge in [-0.1, -0.05) is 11.6 Å². The minimum atomic E-state index is -0.330. The van der Waals surface area contributed by atoms with Crippen molar-refractivity contribution in [2.45, 2.75) is 0 Å². The summed E-state index contributed by atoms with van der Waals surface area (Å²) < 4.78 is 12.9. The largest absolute Gasteiger partial charge is 0.352 e. The van der Waals surface area contributed by atoms with Crippen molar-refractivity contribution in [2.75, 3.05) is 36.4 Å². The van der Waals surface area contributed by atoms with Gasteiger partial charge in [0.05, 0.1) is 5.02 Å². The van der Waals surface area contributed by atoms with E-state index in [4.69, 9.17) is 11.6 Å². The van der Waals surface area contributed by atoms with E-state index in [-0.39, 0.29) is 11.8 Å².